The summed E-state index contributed by atoms with van der Waals surface area (Å²) < 4.78 is 0.0603. The van der Waals surface area contributed by atoms with Crippen molar-refractivity contribution in [2.75, 3.05) is 11.1 Å². The zero-order valence-electron chi connectivity index (χ0n) is 10.4. The van der Waals surface area contributed by atoms with E-state index in [-0.39, 0.29) is 16.4 Å². The minimum atomic E-state index is -0.0918. The fourth-order valence-electron chi connectivity index (χ4n) is 0.930. The Balaban J connectivity index is 2.48. The van der Waals surface area contributed by atoms with Crippen LogP contribution < -0.4 is 5.32 Å². The molecule has 0 bridgehead atoms. The van der Waals surface area contributed by atoms with Gasteiger partial charge in [0.05, 0.1) is 5.75 Å². The van der Waals surface area contributed by atoms with Gasteiger partial charge < -0.3 is 5.32 Å². The van der Waals surface area contributed by atoms with Crippen LogP contribution in [0.4, 0.5) is 5.13 Å². The molecule has 0 saturated heterocycles. The smallest absolute Gasteiger partial charge is 0.236 e. The van der Waals surface area contributed by atoms with Gasteiger partial charge in [0.2, 0.25) is 5.91 Å². The summed E-state index contributed by atoms with van der Waals surface area (Å²) in [5.74, 6) is 0.207. The maximum absolute atomic E-state index is 11.6. The van der Waals surface area contributed by atoms with E-state index in [0.717, 1.165) is 0 Å². The van der Waals surface area contributed by atoms with Crippen molar-refractivity contribution in [3.63, 3.8) is 0 Å². The number of amides is 1. The predicted octanol–water partition coefficient (Wildman–Crippen LogP) is 2.82. The molecule has 0 aliphatic rings. The van der Waals surface area contributed by atoms with Gasteiger partial charge in [0, 0.05) is 17.1 Å². The van der Waals surface area contributed by atoms with Crippen LogP contribution in [0.2, 0.25) is 0 Å². The van der Waals surface area contributed by atoms with Crippen LogP contribution in [-0.4, -0.2) is 27.2 Å². The summed E-state index contributed by atoms with van der Waals surface area (Å²) in [6.45, 7) is 7.63. The molecule has 0 aliphatic heterocycles. The third-order valence-electron chi connectivity index (χ3n) is 1.75. The first kappa shape index (κ1) is 14.2. The highest BCUT2D eigenvalue weighted by atomic mass is 32.2. The van der Waals surface area contributed by atoms with Gasteiger partial charge in [-0.05, 0) is 0 Å². The molecule has 0 unspecified atom stereocenters. The molecule has 1 aromatic heterocycles. The molecule has 0 radical (unpaired) electrons. The Morgan fingerprint density at radius 2 is 2.12 bits per heavy atom. The Morgan fingerprint density at radius 1 is 1.47 bits per heavy atom. The molecule has 0 saturated carbocycles. The summed E-state index contributed by atoms with van der Waals surface area (Å²) in [5.41, 5.74) is 0.397. The van der Waals surface area contributed by atoms with Gasteiger partial charge in [-0.15, -0.1) is 23.1 Å². The Labute approximate surface area is 109 Å². The zero-order chi connectivity index (χ0) is 13.1. The molecule has 0 fully saturated rings. The van der Waals surface area contributed by atoms with E-state index in [1.807, 2.05) is 0 Å². The molecule has 4 nitrogen and oxygen atoms in total. The van der Waals surface area contributed by atoms with Gasteiger partial charge in [0.25, 0.3) is 0 Å². The van der Waals surface area contributed by atoms with Crippen molar-refractivity contribution < 1.29 is 9.59 Å². The van der Waals surface area contributed by atoms with Crippen LogP contribution >= 0.6 is 23.1 Å². The van der Waals surface area contributed by atoms with E-state index in [1.54, 1.807) is 17.1 Å². The number of thioether (sulfide) groups is 1. The van der Waals surface area contributed by atoms with Gasteiger partial charge in [-0.2, -0.15) is 0 Å². The van der Waals surface area contributed by atoms with Crippen molar-refractivity contribution in [3.05, 3.63) is 11.1 Å². The van der Waals surface area contributed by atoms with Gasteiger partial charge in [0.15, 0.2) is 10.9 Å². The minimum absolute atomic E-state index is 0.0603. The molecule has 1 amide bonds. The number of rotatable bonds is 4. The van der Waals surface area contributed by atoms with Crippen molar-refractivity contribution >= 4 is 39.9 Å². The topological polar surface area (TPSA) is 59.1 Å². The molecule has 94 valence electrons. The molecule has 0 aliphatic carbocycles. The third-order valence-corrected chi connectivity index (χ3v) is 3.78. The largest absolute Gasteiger partial charge is 0.301 e. The van der Waals surface area contributed by atoms with Crippen molar-refractivity contribution in [2.24, 2.45) is 0 Å². The lowest BCUT2D eigenvalue weighted by Crippen LogP contribution is -2.18. The van der Waals surface area contributed by atoms with Crippen LogP contribution in [0.1, 0.15) is 38.2 Å². The summed E-state index contributed by atoms with van der Waals surface area (Å²) in [6.07, 6.45) is 0. The first-order chi connectivity index (χ1) is 7.78. The summed E-state index contributed by atoms with van der Waals surface area (Å²) in [6, 6.07) is 0. The van der Waals surface area contributed by atoms with Gasteiger partial charge in [-0.25, -0.2) is 4.98 Å². The molecule has 1 aromatic rings. The van der Waals surface area contributed by atoms with Gasteiger partial charge in [-0.3, -0.25) is 9.59 Å². The minimum Gasteiger partial charge on any atom is -0.301 e. The Morgan fingerprint density at radius 3 is 2.59 bits per heavy atom. The maximum Gasteiger partial charge on any atom is 0.236 e. The molecule has 1 heterocycles. The van der Waals surface area contributed by atoms with Crippen LogP contribution in [0.3, 0.4) is 0 Å². The van der Waals surface area contributed by atoms with Crippen LogP contribution in [0.15, 0.2) is 5.38 Å². The average Bonchev–Trinajstić information content (AvgIpc) is 2.62. The lowest BCUT2D eigenvalue weighted by atomic mass is 10.3. The number of hydrogen-bond acceptors (Lipinski definition) is 5. The van der Waals surface area contributed by atoms with E-state index in [2.05, 4.69) is 31.1 Å². The lowest BCUT2D eigenvalue weighted by molar-refractivity contribution is -0.113. The lowest BCUT2D eigenvalue weighted by Gasteiger charge is -2.16. The Hall–Kier alpha value is -0.880. The SMILES string of the molecule is CC(=O)c1csc(NC(=O)CSC(C)(C)C)n1. The second-order valence-electron chi connectivity index (χ2n) is 4.54. The fraction of sp³-hybridized carbons (Fsp3) is 0.545. The number of thiazole rings is 1. The summed E-state index contributed by atoms with van der Waals surface area (Å²) in [4.78, 5) is 26.6. The van der Waals surface area contributed by atoms with E-state index >= 15 is 0 Å². The second-order valence-corrected chi connectivity index (χ2v) is 7.20. The maximum atomic E-state index is 11.6. The Bertz CT molecular complexity index is 421. The number of ketones is 1. The summed E-state index contributed by atoms with van der Waals surface area (Å²) >= 11 is 2.84. The number of aromatic nitrogens is 1. The number of nitrogens with zero attached hydrogens (tertiary/aromatic N) is 1. The standard InChI is InChI=1S/C11H16N2O2S2/c1-7(14)8-5-16-10(12-8)13-9(15)6-17-11(2,3)4/h5H,6H2,1-4H3,(H,12,13,15). The zero-order valence-corrected chi connectivity index (χ0v) is 12.0. The van der Waals surface area contributed by atoms with Gasteiger partial charge in [-0.1, -0.05) is 20.8 Å². The van der Waals surface area contributed by atoms with E-state index in [0.29, 0.717) is 16.6 Å². The number of carbonyl (C=O) groups excluding carboxylic acids is 2. The van der Waals surface area contributed by atoms with Crippen molar-refractivity contribution in [2.45, 2.75) is 32.4 Å². The number of Topliss-reactive ketones (excluding diaryl/α,β-unsaturated/α-hetero) is 1. The van der Waals surface area contributed by atoms with Crippen molar-refractivity contribution in [1.82, 2.24) is 4.98 Å². The second kappa shape index (κ2) is 5.64. The number of carbonyl (C=O) groups is 2. The monoisotopic (exact) mass is 272 g/mol. The van der Waals surface area contributed by atoms with E-state index < -0.39 is 0 Å². The fourth-order valence-corrected chi connectivity index (χ4v) is 2.33. The highest BCUT2D eigenvalue weighted by Crippen LogP contribution is 2.23. The highest BCUT2D eigenvalue weighted by Gasteiger charge is 2.14. The van der Waals surface area contributed by atoms with E-state index in [4.69, 9.17) is 0 Å². The average molecular weight is 272 g/mol. The van der Waals surface area contributed by atoms with Crippen LogP contribution in [-0.2, 0) is 4.79 Å². The molecule has 0 spiro atoms. The highest BCUT2D eigenvalue weighted by molar-refractivity contribution is 8.01. The first-order valence-electron chi connectivity index (χ1n) is 5.18. The van der Waals surface area contributed by atoms with E-state index in [1.165, 1.54) is 18.3 Å². The number of hydrogen-bond donors (Lipinski definition) is 1. The predicted molar refractivity (Wildman–Crippen MR) is 73.0 cm³/mol. The third kappa shape index (κ3) is 5.32. The van der Waals surface area contributed by atoms with Crippen LogP contribution in [0.5, 0.6) is 0 Å². The molecule has 1 rings (SSSR count). The van der Waals surface area contributed by atoms with Crippen molar-refractivity contribution in [1.29, 1.82) is 0 Å². The van der Waals surface area contributed by atoms with E-state index in [9.17, 15) is 9.59 Å². The summed E-state index contributed by atoms with van der Waals surface area (Å²) in [5, 5.41) is 4.81. The molecule has 0 atom stereocenters. The first-order valence-corrected chi connectivity index (χ1v) is 7.05. The molecule has 0 aromatic carbocycles. The van der Waals surface area contributed by atoms with Crippen LogP contribution in [0.25, 0.3) is 0 Å². The van der Waals surface area contributed by atoms with Crippen LogP contribution in [0, 0.1) is 0 Å². The molecular weight excluding hydrogens is 256 g/mol. The quantitative estimate of drug-likeness (QED) is 0.856. The molecule has 1 N–H and O–H groups in total. The Kier molecular flexibility index (Phi) is 4.70. The van der Waals surface area contributed by atoms with Gasteiger partial charge >= 0.3 is 0 Å². The number of anilines is 1. The van der Waals surface area contributed by atoms with Crippen molar-refractivity contribution in [3.8, 4) is 0 Å². The molecule has 17 heavy (non-hydrogen) atoms. The molecular formula is C11H16N2O2S2. The van der Waals surface area contributed by atoms with Gasteiger partial charge in [0.1, 0.15) is 5.69 Å². The molecule has 6 heteroatoms. The summed E-state index contributed by atoms with van der Waals surface area (Å²) in [7, 11) is 0. The number of nitrogens with one attached hydrogen (secondary N) is 1. The normalized spacial score (nSPS) is 11.3.